The summed E-state index contributed by atoms with van der Waals surface area (Å²) in [5, 5.41) is 11.3. The van der Waals surface area contributed by atoms with Crippen molar-refractivity contribution in [3.63, 3.8) is 0 Å². The Bertz CT molecular complexity index is 264. The number of carbonyl (C=O) groups is 2. The van der Waals surface area contributed by atoms with Gasteiger partial charge in [0.25, 0.3) is 0 Å². The smallest absolute Gasteiger partial charge is 0.303 e. The lowest BCUT2D eigenvalue weighted by Crippen LogP contribution is -2.25. The Morgan fingerprint density at radius 1 is 1.33 bits per heavy atom. The standard InChI is InChI=1S/C14H25NO3/c1-3-7-12(4-2)10-11-15-13(16)8-5-6-9-14(17)18/h3,12H,1,4-11H2,2H3,(H,15,16)(H,17,18). The minimum absolute atomic E-state index is 0.0221. The number of amides is 1. The molecule has 1 atom stereocenters. The molecule has 18 heavy (non-hydrogen) atoms. The van der Waals surface area contributed by atoms with E-state index < -0.39 is 5.97 Å². The molecule has 0 spiro atoms. The zero-order chi connectivity index (χ0) is 13.8. The normalized spacial score (nSPS) is 11.8. The highest BCUT2D eigenvalue weighted by Crippen LogP contribution is 2.12. The molecular formula is C14H25NO3. The van der Waals surface area contributed by atoms with Gasteiger partial charge in [-0.05, 0) is 31.6 Å². The van der Waals surface area contributed by atoms with E-state index >= 15 is 0 Å². The lowest BCUT2D eigenvalue weighted by Gasteiger charge is -2.12. The zero-order valence-electron chi connectivity index (χ0n) is 11.3. The van der Waals surface area contributed by atoms with Crippen molar-refractivity contribution in [3.05, 3.63) is 12.7 Å². The van der Waals surface area contributed by atoms with Gasteiger partial charge in [-0.1, -0.05) is 19.4 Å². The molecule has 4 heteroatoms. The highest BCUT2D eigenvalue weighted by atomic mass is 16.4. The summed E-state index contributed by atoms with van der Waals surface area (Å²) in [5.74, 6) is -0.186. The molecule has 0 heterocycles. The van der Waals surface area contributed by atoms with E-state index in [4.69, 9.17) is 5.11 Å². The molecule has 0 aromatic heterocycles. The first-order valence-electron chi connectivity index (χ1n) is 6.69. The molecule has 0 saturated carbocycles. The maximum atomic E-state index is 11.4. The van der Waals surface area contributed by atoms with Crippen molar-refractivity contribution in [1.82, 2.24) is 5.32 Å². The van der Waals surface area contributed by atoms with Crippen LogP contribution in [0.3, 0.4) is 0 Å². The summed E-state index contributed by atoms with van der Waals surface area (Å²) in [6, 6.07) is 0. The molecule has 0 aromatic carbocycles. The van der Waals surface area contributed by atoms with Gasteiger partial charge in [0.05, 0.1) is 0 Å². The molecule has 0 fully saturated rings. The number of hydrogen-bond acceptors (Lipinski definition) is 2. The van der Waals surface area contributed by atoms with Gasteiger partial charge in [0, 0.05) is 19.4 Å². The van der Waals surface area contributed by atoms with Crippen LogP contribution in [0.15, 0.2) is 12.7 Å². The molecule has 0 aliphatic heterocycles. The van der Waals surface area contributed by atoms with Crippen molar-refractivity contribution >= 4 is 11.9 Å². The molecule has 0 aromatic rings. The van der Waals surface area contributed by atoms with Gasteiger partial charge >= 0.3 is 5.97 Å². The van der Waals surface area contributed by atoms with E-state index in [1.54, 1.807) is 0 Å². The molecule has 1 amide bonds. The average Bonchev–Trinajstić information content (AvgIpc) is 2.33. The topological polar surface area (TPSA) is 66.4 Å². The van der Waals surface area contributed by atoms with Crippen molar-refractivity contribution in [2.45, 2.75) is 51.9 Å². The number of allylic oxidation sites excluding steroid dienone is 1. The largest absolute Gasteiger partial charge is 0.481 e. The molecule has 0 saturated heterocycles. The Morgan fingerprint density at radius 2 is 2.00 bits per heavy atom. The molecule has 104 valence electrons. The van der Waals surface area contributed by atoms with Crippen molar-refractivity contribution < 1.29 is 14.7 Å². The summed E-state index contributed by atoms with van der Waals surface area (Å²) >= 11 is 0. The summed E-state index contributed by atoms with van der Waals surface area (Å²) in [7, 11) is 0. The first-order chi connectivity index (χ1) is 8.60. The van der Waals surface area contributed by atoms with E-state index in [1.807, 2.05) is 6.08 Å². The number of unbranched alkanes of at least 4 members (excludes halogenated alkanes) is 1. The second-order valence-electron chi connectivity index (χ2n) is 4.54. The first-order valence-corrected chi connectivity index (χ1v) is 6.69. The van der Waals surface area contributed by atoms with E-state index in [2.05, 4.69) is 18.8 Å². The predicted molar refractivity (Wildman–Crippen MR) is 72.3 cm³/mol. The monoisotopic (exact) mass is 255 g/mol. The van der Waals surface area contributed by atoms with Gasteiger partial charge in [0.15, 0.2) is 0 Å². The molecule has 4 nitrogen and oxygen atoms in total. The van der Waals surface area contributed by atoms with Gasteiger partial charge in [0.1, 0.15) is 0 Å². The van der Waals surface area contributed by atoms with Crippen molar-refractivity contribution in [3.8, 4) is 0 Å². The van der Waals surface area contributed by atoms with Crippen molar-refractivity contribution in [1.29, 1.82) is 0 Å². The SMILES string of the molecule is C=CCC(CC)CCNC(=O)CCCCC(=O)O. The first kappa shape index (κ1) is 16.7. The number of nitrogens with one attached hydrogen (secondary N) is 1. The van der Waals surface area contributed by atoms with Crippen LogP contribution >= 0.6 is 0 Å². The second kappa shape index (κ2) is 10.8. The Hall–Kier alpha value is -1.32. The summed E-state index contributed by atoms with van der Waals surface area (Å²) in [4.78, 5) is 21.7. The van der Waals surface area contributed by atoms with Crippen LogP contribution in [0.2, 0.25) is 0 Å². The average molecular weight is 255 g/mol. The minimum atomic E-state index is -0.800. The number of carbonyl (C=O) groups excluding carboxylic acids is 1. The second-order valence-corrected chi connectivity index (χ2v) is 4.54. The zero-order valence-corrected chi connectivity index (χ0v) is 11.3. The Balaban J connectivity index is 3.52. The lowest BCUT2D eigenvalue weighted by atomic mass is 9.98. The van der Waals surface area contributed by atoms with Crippen LogP contribution < -0.4 is 5.32 Å². The van der Waals surface area contributed by atoms with Crippen molar-refractivity contribution in [2.75, 3.05) is 6.54 Å². The number of aliphatic carboxylic acids is 1. The van der Waals surface area contributed by atoms with Crippen molar-refractivity contribution in [2.24, 2.45) is 5.92 Å². The van der Waals surface area contributed by atoms with Gasteiger partial charge in [0.2, 0.25) is 5.91 Å². The third-order valence-electron chi connectivity index (χ3n) is 3.00. The molecule has 0 radical (unpaired) electrons. The Kier molecular flexibility index (Phi) is 10.0. The van der Waals surface area contributed by atoms with Crippen LogP contribution in [-0.2, 0) is 9.59 Å². The third kappa shape index (κ3) is 9.87. The molecule has 0 rings (SSSR count). The van der Waals surface area contributed by atoms with Gasteiger partial charge in [-0.3, -0.25) is 9.59 Å². The highest BCUT2D eigenvalue weighted by molar-refractivity contribution is 5.75. The van der Waals surface area contributed by atoms with E-state index in [9.17, 15) is 9.59 Å². The Labute approximate surface area is 109 Å². The Morgan fingerprint density at radius 3 is 2.56 bits per heavy atom. The lowest BCUT2D eigenvalue weighted by molar-refractivity contribution is -0.137. The number of carboxylic acid groups (broad SMARTS) is 1. The van der Waals surface area contributed by atoms with E-state index in [-0.39, 0.29) is 12.3 Å². The molecular weight excluding hydrogens is 230 g/mol. The van der Waals surface area contributed by atoms with Gasteiger partial charge in [-0.2, -0.15) is 0 Å². The van der Waals surface area contributed by atoms with Crippen LogP contribution in [0.5, 0.6) is 0 Å². The van der Waals surface area contributed by atoms with Gasteiger partial charge < -0.3 is 10.4 Å². The van der Waals surface area contributed by atoms with Crippen LogP contribution in [0.4, 0.5) is 0 Å². The maximum absolute atomic E-state index is 11.4. The van der Waals surface area contributed by atoms with Crippen LogP contribution in [-0.4, -0.2) is 23.5 Å². The minimum Gasteiger partial charge on any atom is -0.481 e. The fraction of sp³-hybridized carbons (Fsp3) is 0.714. The quantitative estimate of drug-likeness (QED) is 0.440. The molecule has 0 aliphatic rings. The number of hydrogen-bond donors (Lipinski definition) is 2. The van der Waals surface area contributed by atoms with Crippen LogP contribution in [0, 0.1) is 5.92 Å². The highest BCUT2D eigenvalue weighted by Gasteiger charge is 2.06. The third-order valence-corrected chi connectivity index (χ3v) is 3.00. The molecule has 1 unspecified atom stereocenters. The van der Waals surface area contributed by atoms with Gasteiger partial charge in [-0.15, -0.1) is 6.58 Å². The summed E-state index contributed by atoms with van der Waals surface area (Å²) < 4.78 is 0. The van der Waals surface area contributed by atoms with Crippen LogP contribution in [0.25, 0.3) is 0 Å². The van der Waals surface area contributed by atoms with E-state index in [0.717, 1.165) is 19.3 Å². The summed E-state index contributed by atoms with van der Waals surface area (Å²) in [6.45, 7) is 6.56. The maximum Gasteiger partial charge on any atom is 0.303 e. The number of rotatable bonds is 11. The molecule has 0 bridgehead atoms. The van der Waals surface area contributed by atoms with Crippen LogP contribution in [0.1, 0.15) is 51.9 Å². The summed E-state index contributed by atoms with van der Waals surface area (Å²) in [6.07, 6.45) is 6.76. The molecule has 2 N–H and O–H groups in total. The predicted octanol–water partition coefficient (Wildman–Crippen LogP) is 2.74. The van der Waals surface area contributed by atoms with E-state index in [0.29, 0.717) is 31.7 Å². The van der Waals surface area contributed by atoms with E-state index in [1.165, 1.54) is 0 Å². The fourth-order valence-electron chi connectivity index (χ4n) is 1.79. The molecule has 0 aliphatic carbocycles. The number of carboxylic acids is 1. The summed E-state index contributed by atoms with van der Waals surface area (Å²) in [5.41, 5.74) is 0. The fourth-order valence-corrected chi connectivity index (χ4v) is 1.79. The van der Waals surface area contributed by atoms with Gasteiger partial charge in [-0.25, -0.2) is 0 Å².